The summed E-state index contributed by atoms with van der Waals surface area (Å²) in [4.78, 5) is 24.2. The van der Waals surface area contributed by atoms with Crippen LogP contribution in [0.1, 0.15) is 38.8 Å². The molecule has 3 aromatic carbocycles. The number of esters is 1. The number of phenolic OH excluding ortho intramolecular Hbond substituents is 2. The second kappa shape index (κ2) is 6.52. The number of hydrogen-bond acceptors (Lipinski definition) is 6. The first-order chi connectivity index (χ1) is 13.4. The maximum absolute atomic E-state index is 12.7. The van der Waals surface area contributed by atoms with Crippen molar-refractivity contribution in [1.29, 1.82) is 0 Å². The number of benzene rings is 3. The molecule has 7 nitrogen and oxygen atoms in total. The molecule has 0 fully saturated rings. The van der Waals surface area contributed by atoms with Crippen molar-refractivity contribution >= 4 is 11.9 Å². The molecule has 5 rings (SSSR count). The second-order valence-corrected chi connectivity index (χ2v) is 6.60. The maximum atomic E-state index is 12.7. The zero-order valence-electron chi connectivity index (χ0n) is 16.2. The molecule has 0 radical (unpaired) electrons. The van der Waals surface area contributed by atoms with E-state index in [1.807, 2.05) is 0 Å². The topological polar surface area (TPSA) is 113 Å². The monoisotopic (exact) mass is 400 g/mol. The fourth-order valence-corrected chi connectivity index (χ4v) is 3.83. The summed E-state index contributed by atoms with van der Waals surface area (Å²) in [5.74, 6) is -1.38. The van der Waals surface area contributed by atoms with Crippen molar-refractivity contribution in [2.75, 3.05) is 0 Å². The summed E-state index contributed by atoms with van der Waals surface area (Å²) in [5, 5.41) is 29.2. The predicted octanol–water partition coefficient (Wildman–Crippen LogP) is 0.481. The van der Waals surface area contributed by atoms with E-state index in [0.717, 1.165) is 0 Å². The number of aromatic carboxylic acids is 1. The van der Waals surface area contributed by atoms with Gasteiger partial charge in [-0.05, 0) is 42.5 Å². The number of hydrogen-bond donors (Lipinski definition) is 3. The average molecular weight is 400 g/mol. The Hall–Kier alpha value is -3.00. The zero-order valence-corrected chi connectivity index (χ0v) is 17.2. The smallest absolute Gasteiger partial charge is 1.00 e. The van der Waals surface area contributed by atoms with Gasteiger partial charge in [0, 0.05) is 28.8 Å². The van der Waals surface area contributed by atoms with Gasteiger partial charge in [0.05, 0.1) is 11.1 Å². The van der Waals surface area contributed by atoms with E-state index in [0.29, 0.717) is 16.7 Å². The van der Waals surface area contributed by atoms with Gasteiger partial charge in [-0.2, -0.15) is 0 Å². The molecule has 3 aromatic rings. The Kier molecular flexibility index (Phi) is 4.34. The van der Waals surface area contributed by atoms with Crippen molar-refractivity contribution in [2.24, 2.45) is 0 Å². The molecule has 29 heavy (non-hydrogen) atoms. The van der Waals surface area contributed by atoms with Crippen LogP contribution in [0, 0.1) is 0 Å². The molecule has 0 saturated heterocycles. The number of ether oxygens (including phenoxy) is 2. The van der Waals surface area contributed by atoms with Crippen LogP contribution >= 0.6 is 0 Å². The molecular formula is C21H13NaO7. The van der Waals surface area contributed by atoms with Crippen molar-refractivity contribution in [3.63, 3.8) is 0 Å². The van der Waals surface area contributed by atoms with Gasteiger partial charge in [-0.25, -0.2) is 9.59 Å². The third kappa shape index (κ3) is 2.62. The molecule has 0 saturated carbocycles. The minimum absolute atomic E-state index is 0. The van der Waals surface area contributed by atoms with Crippen LogP contribution in [0.4, 0.5) is 0 Å². The molecule has 140 valence electrons. The number of carboxylic acid groups (broad SMARTS) is 1. The molecule has 0 aromatic heterocycles. The fourth-order valence-electron chi connectivity index (χ4n) is 3.83. The van der Waals surface area contributed by atoms with E-state index in [1.165, 1.54) is 42.5 Å². The number of phenols is 2. The molecule has 0 atom stereocenters. The molecule has 2 aliphatic rings. The van der Waals surface area contributed by atoms with Crippen molar-refractivity contribution in [1.82, 2.24) is 0 Å². The van der Waals surface area contributed by atoms with E-state index in [2.05, 4.69) is 0 Å². The maximum Gasteiger partial charge on any atom is 1.00 e. The molecule has 3 N–H and O–H groups in total. The quantitative estimate of drug-likeness (QED) is 0.402. The van der Waals surface area contributed by atoms with E-state index in [4.69, 9.17) is 9.47 Å². The van der Waals surface area contributed by atoms with Crippen LogP contribution < -0.4 is 34.3 Å². The standard InChI is InChI=1S/C21H12O7.Na.H/c22-11-2-5-14-17(8-11)27-18-9-12(23)3-6-15(18)21(14)16-7-10(19(24)25)1-4-13(16)20(26)28-21;;/h1-9,22-23H,(H,24,25);;/q;+1;-1. The molecule has 0 amide bonds. The van der Waals surface area contributed by atoms with Crippen LogP contribution in [0.5, 0.6) is 23.0 Å². The minimum atomic E-state index is -1.46. The van der Waals surface area contributed by atoms with Gasteiger partial charge in [-0.1, -0.05) is 0 Å². The van der Waals surface area contributed by atoms with E-state index >= 15 is 0 Å². The number of aromatic hydroxyl groups is 2. The van der Waals surface area contributed by atoms with Gasteiger partial charge in [0.2, 0.25) is 0 Å². The molecule has 2 aliphatic heterocycles. The van der Waals surface area contributed by atoms with E-state index in [1.54, 1.807) is 12.1 Å². The number of carbonyl (C=O) groups is 2. The van der Waals surface area contributed by atoms with Gasteiger partial charge >= 0.3 is 41.5 Å². The van der Waals surface area contributed by atoms with Crippen LogP contribution in [-0.4, -0.2) is 27.3 Å². The first-order valence-corrected chi connectivity index (χ1v) is 8.36. The summed E-state index contributed by atoms with van der Waals surface area (Å²) in [5.41, 5.74) is 0.0340. The van der Waals surface area contributed by atoms with Gasteiger partial charge < -0.3 is 26.2 Å². The SMILES string of the molecule is O=C(O)c1ccc2c(c1)C1(OC2=O)c2ccc(O)cc2Oc2cc(O)ccc21.[H-].[Na+]. The summed E-state index contributed by atoms with van der Waals surface area (Å²) < 4.78 is 11.7. The molecule has 0 unspecified atom stereocenters. The fraction of sp³-hybridized carbons (Fsp3) is 0.0476. The number of carbonyl (C=O) groups excluding carboxylic acids is 1. The van der Waals surface area contributed by atoms with Crippen LogP contribution in [0.25, 0.3) is 0 Å². The molecule has 0 aliphatic carbocycles. The molecule has 8 heteroatoms. The van der Waals surface area contributed by atoms with E-state index in [-0.39, 0.29) is 65.1 Å². The summed E-state index contributed by atoms with van der Waals surface area (Å²) in [6.07, 6.45) is 0. The Labute approximate surface area is 187 Å². The second-order valence-electron chi connectivity index (χ2n) is 6.60. The average Bonchev–Trinajstić information content (AvgIpc) is 2.94. The number of fused-ring (bicyclic) bond motifs is 6. The van der Waals surface area contributed by atoms with Gasteiger partial charge in [-0.15, -0.1) is 0 Å². The molecular weight excluding hydrogens is 387 g/mol. The van der Waals surface area contributed by atoms with Gasteiger partial charge in [0.1, 0.15) is 23.0 Å². The number of rotatable bonds is 1. The molecule has 0 bridgehead atoms. The van der Waals surface area contributed by atoms with Crippen molar-refractivity contribution in [3.8, 4) is 23.0 Å². The van der Waals surface area contributed by atoms with Crippen molar-refractivity contribution in [3.05, 3.63) is 82.4 Å². The third-order valence-electron chi connectivity index (χ3n) is 5.02. The summed E-state index contributed by atoms with van der Waals surface area (Å²) in [6.45, 7) is 0. The number of carboxylic acids is 1. The van der Waals surface area contributed by atoms with Gasteiger partial charge in [0.25, 0.3) is 0 Å². The van der Waals surface area contributed by atoms with Gasteiger partial charge in [0.15, 0.2) is 5.60 Å². The van der Waals surface area contributed by atoms with E-state index < -0.39 is 17.5 Å². The molecule has 2 heterocycles. The summed E-state index contributed by atoms with van der Waals surface area (Å²) in [6, 6.07) is 12.9. The van der Waals surface area contributed by atoms with Crippen LogP contribution in [0.3, 0.4) is 0 Å². The zero-order chi connectivity index (χ0) is 19.6. The largest absolute Gasteiger partial charge is 1.00 e. The Balaban J connectivity index is 0.00000128. The summed E-state index contributed by atoms with van der Waals surface area (Å²) >= 11 is 0. The van der Waals surface area contributed by atoms with Crippen LogP contribution in [0.2, 0.25) is 0 Å². The Morgan fingerprint density at radius 3 is 2.00 bits per heavy atom. The Morgan fingerprint density at radius 2 is 1.45 bits per heavy atom. The first-order valence-electron chi connectivity index (χ1n) is 8.36. The van der Waals surface area contributed by atoms with Crippen molar-refractivity contribution in [2.45, 2.75) is 5.60 Å². The first kappa shape index (κ1) is 19.3. The predicted molar refractivity (Wildman–Crippen MR) is 96.1 cm³/mol. The summed E-state index contributed by atoms with van der Waals surface area (Å²) in [7, 11) is 0. The van der Waals surface area contributed by atoms with Crippen molar-refractivity contribution < 1.29 is 65.4 Å². The molecule has 1 spiro atoms. The third-order valence-corrected chi connectivity index (χ3v) is 5.02. The Bertz CT molecular complexity index is 1160. The normalized spacial score (nSPS) is 14.7. The van der Waals surface area contributed by atoms with E-state index in [9.17, 15) is 24.9 Å². The Morgan fingerprint density at radius 1 is 0.862 bits per heavy atom. The minimum Gasteiger partial charge on any atom is -1.00 e. The van der Waals surface area contributed by atoms with Gasteiger partial charge in [-0.3, -0.25) is 0 Å². The van der Waals surface area contributed by atoms with Crippen LogP contribution in [-0.2, 0) is 10.3 Å². The van der Waals surface area contributed by atoms with Crippen LogP contribution in [0.15, 0.2) is 54.6 Å².